The largest absolute Gasteiger partial charge is 0.465 e. The number of benzene rings is 1. The number of nitriles is 1. The molecular formula is C11H12N2O2. The van der Waals surface area contributed by atoms with Crippen molar-refractivity contribution in [3.8, 4) is 6.07 Å². The molecule has 0 spiro atoms. The summed E-state index contributed by atoms with van der Waals surface area (Å²) in [6.45, 7) is 0. The van der Waals surface area contributed by atoms with Crippen molar-refractivity contribution in [2.45, 2.75) is 0 Å². The Morgan fingerprint density at radius 1 is 1.47 bits per heavy atom. The predicted molar refractivity (Wildman–Crippen MR) is 56.8 cm³/mol. The molecule has 0 aromatic heterocycles. The molecular weight excluding hydrogens is 192 g/mol. The van der Waals surface area contributed by atoms with E-state index in [1.165, 1.54) is 7.11 Å². The molecule has 0 saturated carbocycles. The molecule has 1 rings (SSSR count). The van der Waals surface area contributed by atoms with Crippen molar-refractivity contribution < 1.29 is 9.53 Å². The van der Waals surface area contributed by atoms with Gasteiger partial charge in [-0.05, 0) is 18.2 Å². The molecule has 0 aliphatic heterocycles. The second kappa shape index (κ2) is 4.47. The van der Waals surface area contributed by atoms with Crippen LogP contribution < -0.4 is 4.90 Å². The number of carbonyl (C=O) groups is 1. The van der Waals surface area contributed by atoms with Gasteiger partial charge >= 0.3 is 5.97 Å². The van der Waals surface area contributed by atoms with Crippen LogP contribution in [0.4, 0.5) is 5.69 Å². The third kappa shape index (κ3) is 2.26. The molecule has 0 aliphatic carbocycles. The van der Waals surface area contributed by atoms with Gasteiger partial charge in [0.05, 0.1) is 18.2 Å². The number of rotatable bonds is 2. The number of hydrogen-bond acceptors (Lipinski definition) is 4. The molecule has 0 unspecified atom stereocenters. The highest BCUT2D eigenvalue weighted by Crippen LogP contribution is 2.18. The van der Waals surface area contributed by atoms with Crippen LogP contribution in [0.5, 0.6) is 0 Å². The van der Waals surface area contributed by atoms with E-state index in [9.17, 15) is 4.79 Å². The maximum Gasteiger partial charge on any atom is 0.339 e. The van der Waals surface area contributed by atoms with Crippen LogP contribution in [-0.2, 0) is 4.74 Å². The smallest absolute Gasteiger partial charge is 0.339 e. The lowest BCUT2D eigenvalue weighted by molar-refractivity contribution is 0.0600. The molecule has 78 valence electrons. The zero-order chi connectivity index (χ0) is 11.4. The fourth-order valence-electron chi connectivity index (χ4n) is 1.19. The Morgan fingerprint density at radius 3 is 2.60 bits per heavy atom. The summed E-state index contributed by atoms with van der Waals surface area (Å²) >= 11 is 0. The van der Waals surface area contributed by atoms with Crippen LogP contribution in [0.25, 0.3) is 0 Å². The lowest BCUT2D eigenvalue weighted by Crippen LogP contribution is -2.11. The molecule has 0 atom stereocenters. The number of hydrogen-bond donors (Lipinski definition) is 0. The number of ether oxygens (including phenoxy) is 1. The van der Waals surface area contributed by atoms with Gasteiger partial charge in [0.1, 0.15) is 6.07 Å². The van der Waals surface area contributed by atoms with Crippen molar-refractivity contribution in [2.75, 3.05) is 26.1 Å². The van der Waals surface area contributed by atoms with E-state index in [0.717, 1.165) is 5.69 Å². The van der Waals surface area contributed by atoms with Gasteiger partial charge in [-0.1, -0.05) is 0 Å². The number of anilines is 1. The summed E-state index contributed by atoms with van der Waals surface area (Å²) < 4.78 is 4.60. The molecule has 0 bridgehead atoms. The third-order valence-corrected chi connectivity index (χ3v) is 2.05. The van der Waals surface area contributed by atoms with E-state index in [2.05, 4.69) is 4.74 Å². The van der Waals surface area contributed by atoms with Crippen LogP contribution in [-0.4, -0.2) is 27.2 Å². The topological polar surface area (TPSA) is 53.3 Å². The number of nitrogens with zero attached hydrogens (tertiary/aromatic N) is 2. The van der Waals surface area contributed by atoms with Crippen LogP contribution in [0, 0.1) is 11.3 Å². The average molecular weight is 204 g/mol. The van der Waals surface area contributed by atoms with Crippen LogP contribution in [0.15, 0.2) is 18.2 Å². The highest BCUT2D eigenvalue weighted by Gasteiger charge is 2.12. The maximum absolute atomic E-state index is 11.4. The summed E-state index contributed by atoms with van der Waals surface area (Å²) in [6.07, 6.45) is 0. The first-order chi connectivity index (χ1) is 7.10. The lowest BCUT2D eigenvalue weighted by Gasteiger charge is -2.13. The van der Waals surface area contributed by atoms with E-state index in [1.54, 1.807) is 18.2 Å². The molecule has 15 heavy (non-hydrogen) atoms. The zero-order valence-electron chi connectivity index (χ0n) is 8.94. The fraction of sp³-hybridized carbons (Fsp3) is 0.273. The van der Waals surface area contributed by atoms with Crippen molar-refractivity contribution in [3.05, 3.63) is 29.3 Å². The summed E-state index contributed by atoms with van der Waals surface area (Å²) in [5, 5.41) is 8.82. The monoisotopic (exact) mass is 204 g/mol. The van der Waals surface area contributed by atoms with Crippen molar-refractivity contribution in [1.82, 2.24) is 0 Å². The molecule has 0 radical (unpaired) electrons. The van der Waals surface area contributed by atoms with Crippen LogP contribution in [0.2, 0.25) is 0 Å². The molecule has 4 nitrogen and oxygen atoms in total. The minimum Gasteiger partial charge on any atom is -0.465 e. The van der Waals surface area contributed by atoms with Crippen molar-refractivity contribution >= 4 is 11.7 Å². The molecule has 0 saturated heterocycles. The lowest BCUT2D eigenvalue weighted by atomic mass is 10.1. The minimum atomic E-state index is -0.491. The SMILES string of the molecule is COC(=O)c1cc(N(C)C)ccc1C#N. The van der Waals surface area contributed by atoms with Gasteiger partial charge in [0.2, 0.25) is 0 Å². The first kappa shape index (κ1) is 11.1. The molecule has 4 heteroatoms. The molecule has 0 aliphatic rings. The van der Waals surface area contributed by atoms with E-state index < -0.39 is 5.97 Å². The Morgan fingerprint density at radius 2 is 2.13 bits per heavy atom. The van der Waals surface area contributed by atoms with Crippen molar-refractivity contribution in [3.63, 3.8) is 0 Å². The van der Waals surface area contributed by atoms with Gasteiger partial charge in [-0.3, -0.25) is 0 Å². The van der Waals surface area contributed by atoms with Crippen LogP contribution in [0.3, 0.4) is 0 Å². The van der Waals surface area contributed by atoms with Crippen LogP contribution in [0.1, 0.15) is 15.9 Å². The molecule has 0 N–H and O–H groups in total. The Bertz CT molecular complexity index is 419. The van der Waals surface area contributed by atoms with E-state index in [1.807, 2.05) is 25.1 Å². The van der Waals surface area contributed by atoms with Gasteiger partial charge in [-0.2, -0.15) is 5.26 Å². The number of carbonyl (C=O) groups excluding carboxylic acids is 1. The Hall–Kier alpha value is -2.02. The number of esters is 1. The average Bonchev–Trinajstić information content (AvgIpc) is 2.27. The highest BCUT2D eigenvalue weighted by molar-refractivity contribution is 5.93. The van der Waals surface area contributed by atoms with E-state index >= 15 is 0 Å². The van der Waals surface area contributed by atoms with Crippen molar-refractivity contribution in [2.24, 2.45) is 0 Å². The summed E-state index contributed by atoms with van der Waals surface area (Å²) in [7, 11) is 5.02. The van der Waals surface area contributed by atoms with Gasteiger partial charge in [0.15, 0.2) is 0 Å². The highest BCUT2D eigenvalue weighted by atomic mass is 16.5. The summed E-state index contributed by atoms with van der Waals surface area (Å²) in [5.41, 5.74) is 1.48. The van der Waals surface area contributed by atoms with E-state index in [0.29, 0.717) is 11.1 Å². The quantitative estimate of drug-likeness (QED) is 0.683. The first-order valence-corrected chi connectivity index (χ1v) is 4.40. The second-order valence-corrected chi connectivity index (χ2v) is 3.23. The van der Waals surface area contributed by atoms with Gasteiger partial charge in [0.25, 0.3) is 0 Å². The summed E-state index contributed by atoms with van der Waals surface area (Å²) in [6, 6.07) is 7.00. The van der Waals surface area contributed by atoms with Crippen molar-refractivity contribution in [1.29, 1.82) is 5.26 Å². The first-order valence-electron chi connectivity index (χ1n) is 4.40. The summed E-state index contributed by atoms with van der Waals surface area (Å²) in [4.78, 5) is 13.2. The standard InChI is InChI=1S/C11H12N2O2/c1-13(2)9-5-4-8(7-12)10(6-9)11(14)15-3/h4-6H,1-3H3. The number of methoxy groups -OCH3 is 1. The van der Waals surface area contributed by atoms with E-state index in [4.69, 9.17) is 5.26 Å². The molecule has 0 amide bonds. The Kier molecular flexibility index (Phi) is 3.29. The van der Waals surface area contributed by atoms with Gasteiger partial charge in [-0.15, -0.1) is 0 Å². The minimum absolute atomic E-state index is 0.297. The van der Waals surface area contributed by atoms with Gasteiger partial charge < -0.3 is 9.64 Å². The maximum atomic E-state index is 11.4. The normalized spacial score (nSPS) is 9.20. The molecule has 1 aromatic rings. The predicted octanol–water partition coefficient (Wildman–Crippen LogP) is 1.41. The molecule has 1 aromatic carbocycles. The molecule has 0 heterocycles. The zero-order valence-corrected chi connectivity index (χ0v) is 8.94. The second-order valence-electron chi connectivity index (χ2n) is 3.23. The van der Waals surface area contributed by atoms with Gasteiger partial charge in [-0.25, -0.2) is 4.79 Å². The molecule has 0 fully saturated rings. The fourth-order valence-corrected chi connectivity index (χ4v) is 1.19. The van der Waals surface area contributed by atoms with Crippen LogP contribution >= 0.6 is 0 Å². The Balaban J connectivity index is 3.27. The third-order valence-electron chi connectivity index (χ3n) is 2.05. The van der Waals surface area contributed by atoms with E-state index in [-0.39, 0.29) is 0 Å². The van der Waals surface area contributed by atoms with Gasteiger partial charge in [0, 0.05) is 19.8 Å². The Labute approximate surface area is 88.7 Å². The summed E-state index contributed by atoms with van der Waals surface area (Å²) in [5.74, 6) is -0.491.